The summed E-state index contributed by atoms with van der Waals surface area (Å²) >= 11 is 0. The van der Waals surface area contributed by atoms with Gasteiger partial charge in [0, 0.05) is 18.2 Å². The van der Waals surface area contributed by atoms with Crippen LogP contribution in [0.1, 0.15) is 18.3 Å². The number of rotatable bonds is 1. The molecule has 5 nitrogen and oxygen atoms in total. The summed E-state index contributed by atoms with van der Waals surface area (Å²) in [6.45, 7) is 3.83. The third-order valence-electron chi connectivity index (χ3n) is 2.01. The van der Waals surface area contributed by atoms with Gasteiger partial charge in [0.2, 0.25) is 0 Å². The van der Waals surface area contributed by atoms with E-state index in [1.807, 2.05) is 13.8 Å². The fraction of sp³-hybridized carbons (Fsp3) is 0.375. The molecule has 0 aromatic carbocycles. The minimum Gasteiger partial charge on any atom is -0.313 e. The summed E-state index contributed by atoms with van der Waals surface area (Å²) in [5.41, 5.74) is 1.38. The molecule has 2 rings (SSSR count). The molecule has 0 aliphatic rings. The number of aryl methyl sites for hydroxylation is 2. The molecule has 0 saturated heterocycles. The lowest BCUT2D eigenvalue weighted by Crippen LogP contribution is -2.18. The Hall–Kier alpha value is -1.65. The van der Waals surface area contributed by atoms with Gasteiger partial charge in [-0.25, -0.2) is 9.20 Å². The number of aromatic nitrogens is 4. The number of nitrogens with zero attached hydrogens (tertiary/aromatic N) is 3. The van der Waals surface area contributed by atoms with Crippen molar-refractivity contribution in [1.29, 1.82) is 0 Å². The van der Waals surface area contributed by atoms with E-state index in [0.717, 1.165) is 5.56 Å². The Kier molecular flexibility index (Phi) is 1.65. The van der Waals surface area contributed by atoms with E-state index in [4.69, 9.17) is 0 Å². The van der Waals surface area contributed by atoms with Gasteiger partial charge in [0.1, 0.15) is 5.82 Å². The highest BCUT2D eigenvalue weighted by Crippen LogP contribution is 2.04. The SMILES string of the molecule is CCc1nnc2c(C)c[nH]c(=O)n12. The number of H-pyrrole nitrogens is 1. The van der Waals surface area contributed by atoms with Crippen molar-refractivity contribution >= 4 is 5.65 Å². The van der Waals surface area contributed by atoms with E-state index >= 15 is 0 Å². The average Bonchev–Trinajstić information content (AvgIpc) is 2.56. The second-order valence-corrected chi connectivity index (χ2v) is 2.91. The van der Waals surface area contributed by atoms with Crippen molar-refractivity contribution in [2.45, 2.75) is 20.3 Å². The molecule has 5 heteroatoms. The van der Waals surface area contributed by atoms with Crippen LogP contribution in [-0.2, 0) is 6.42 Å². The molecule has 0 bridgehead atoms. The number of nitrogens with one attached hydrogen (secondary N) is 1. The molecular weight excluding hydrogens is 168 g/mol. The maximum Gasteiger partial charge on any atom is 0.332 e. The molecule has 0 spiro atoms. The first kappa shape index (κ1) is 7.97. The molecular formula is C8H10N4O. The quantitative estimate of drug-likeness (QED) is 0.682. The molecule has 2 aromatic heterocycles. The van der Waals surface area contributed by atoms with Crippen molar-refractivity contribution < 1.29 is 0 Å². The molecule has 13 heavy (non-hydrogen) atoms. The van der Waals surface area contributed by atoms with Crippen molar-refractivity contribution in [3.63, 3.8) is 0 Å². The molecule has 68 valence electrons. The van der Waals surface area contributed by atoms with Crippen LogP contribution >= 0.6 is 0 Å². The van der Waals surface area contributed by atoms with Crippen LogP contribution in [0, 0.1) is 6.92 Å². The highest BCUT2D eigenvalue weighted by atomic mass is 16.1. The summed E-state index contributed by atoms with van der Waals surface area (Å²) in [6.07, 6.45) is 2.35. The first-order valence-corrected chi connectivity index (χ1v) is 4.16. The monoisotopic (exact) mass is 178 g/mol. The maximum atomic E-state index is 11.4. The standard InChI is InChI=1S/C8H10N4O/c1-3-6-10-11-7-5(2)4-9-8(13)12(6)7/h4H,3H2,1-2H3,(H,9,13). The van der Waals surface area contributed by atoms with Gasteiger partial charge in [0.05, 0.1) is 0 Å². The van der Waals surface area contributed by atoms with Crippen LogP contribution < -0.4 is 5.69 Å². The highest BCUT2D eigenvalue weighted by Gasteiger charge is 2.07. The zero-order valence-corrected chi connectivity index (χ0v) is 7.53. The Morgan fingerprint density at radius 3 is 3.00 bits per heavy atom. The summed E-state index contributed by atoms with van der Waals surface area (Å²) in [6, 6.07) is 0. The van der Waals surface area contributed by atoms with Gasteiger partial charge in [-0.3, -0.25) is 0 Å². The van der Waals surface area contributed by atoms with Crippen molar-refractivity contribution in [2.24, 2.45) is 0 Å². The zero-order valence-electron chi connectivity index (χ0n) is 7.53. The number of hydrogen-bond donors (Lipinski definition) is 1. The predicted molar refractivity (Wildman–Crippen MR) is 47.7 cm³/mol. The lowest BCUT2D eigenvalue weighted by molar-refractivity contribution is 0.867. The molecule has 0 aliphatic carbocycles. The maximum absolute atomic E-state index is 11.4. The Labute approximate surface area is 74.4 Å². The second kappa shape index (κ2) is 2.69. The van der Waals surface area contributed by atoms with Gasteiger partial charge in [0.25, 0.3) is 0 Å². The Morgan fingerprint density at radius 2 is 2.31 bits per heavy atom. The molecule has 0 amide bonds. The Morgan fingerprint density at radius 1 is 1.54 bits per heavy atom. The number of aromatic amines is 1. The molecule has 2 aromatic rings. The van der Waals surface area contributed by atoms with Gasteiger partial charge in [-0.2, -0.15) is 0 Å². The third kappa shape index (κ3) is 1.04. The Bertz CT molecular complexity index is 496. The lowest BCUT2D eigenvalue weighted by atomic mass is 10.3. The van der Waals surface area contributed by atoms with Crippen LogP contribution in [0.5, 0.6) is 0 Å². The van der Waals surface area contributed by atoms with Crippen LogP contribution in [0.3, 0.4) is 0 Å². The van der Waals surface area contributed by atoms with Crippen LogP contribution in [0.4, 0.5) is 0 Å². The van der Waals surface area contributed by atoms with E-state index in [2.05, 4.69) is 15.2 Å². The summed E-state index contributed by atoms with van der Waals surface area (Å²) in [7, 11) is 0. The van der Waals surface area contributed by atoms with Crippen LogP contribution in [-0.4, -0.2) is 19.6 Å². The van der Waals surface area contributed by atoms with E-state index in [1.165, 1.54) is 4.40 Å². The largest absolute Gasteiger partial charge is 0.332 e. The third-order valence-corrected chi connectivity index (χ3v) is 2.01. The Balaban J connectivity index is 2.96. The summed E-state index contributed by atoms with van der Waals surface area (Å²) in [4.78, 5) is 14.0. The molecule has 0 fully saturated rings. The first-order chi connectivity index (χ1) is 6.24. The van der Waals surface area contributed by atoms with Crippen molar-refractivity contribution in [1.82, 2.24) is 19.6 Å². The summed E-state index contributed by atoms with van der Waals surface area (Å²) in [5.74, 6) is 0.694. The normalized spacial score (nSPS) is 10.9. The fourth-order valence-corrected chi connectivity index (χ4v) is 1.31. The lowest BCUT2D eigenvalue weighted by Gasteiger charge is -1.96. The molecule has 0 radical (unpaired) electrons. The fourth-order valence-electron chi connectivity index (χ4n) is 1.31. The van der Waals surface area contributed by atoms with Crippen LogP contribution in [0.15, 0.2) is 11.0 Å². The summed E-state index contributed by atoms with van der Waals surface area (Å²) in [5, 5.41) is 7.87. The van der Waals surface area contributed by atoms with Gasteiger partial charge < -0.3 is 4.98 Å². The minimum atomic E-state index is -0.178. The van der Waals surface area contributed by atoms with Crippen molar-refractivity contribution in [2.75, 3.05) is 0 Å². The molecule has 0 saturated carbocycles. The molecule has 1 N–H and O–H groups in total. The number of hydrogen-bond acceptors (Lipinski definition) is 3. The molecule has 0 aliphatic heterocycles. The average molecular weight is 178 g/mol. The predicted octanol–water partition coefficient (Wildman–Crippen LogP) is 0.288. The topological polar surface area (TPSA) is 63.0 Å². The zero-order chi connectivity index (χ0) is 9.42. The van der Waals surface area contributed by atoms with Crippen molar-refractivity contribution in [3.8, 4) is 0 Å². The second-order valence-electron chi connectivity index (χ2n) is 2.91. The van der Waals surface area contributed by atoms with Gasteiger partial charge in [0.15, 0.2) is 5.65 Å². The number of fused-ring (bicyclic) bond motifs is 1. The molecule has 0 atom stereocenters. The van der Waals surface area contributed by atoms with Gasteiger partial charge >= 0.3 is 5.69 Å². The van der Waals surface area contributed by atoms with Crippen LogP contribution in [0.25, 0.3) is 5.65 Å². The van der Waals surface area contributed by atoms with E-state index < -0.39 is 0 Å². The van der Waals surface area contributed by atoms with E-state index in [-0.39, 0.29) is 5.69 Å². The molecule has 0 unspecified atom stereocenters. The molecule has 2 heterocycles. The van der Waals surface area contributed by atoms with Crippen molar-refractivity contribution in [3.05, 3.63) is 28.1 Å². The van der Waals surface area contributed by atoms with Gasteiger partial charge in [-0.15, -0.1) is 10.2 Å². The smallest absolute Gasteiger partial charge is 0.313 e. The summed E-state index contributed by atoms with van der Waals surface area (Å²) < 4.78 is 1.51. The van der Waals surface area contributed by atoms with E-state index in [0.29, 0.717) is 17.9 Å². The van der Waals surface area contributed by atoms with E-state index in [1.54, 1.807) is 6.20 Å². The van der Waals surface area contributed by atoms with E-state index in [9.17, 15) is 4.79 Å². The highest BCUT2D eigenvalue weighted by molar-refractivity contribution is 5.44. The van der Waals surface area contributed by atoms with Gasteiger partial charge in [-0.05, 0) is 6.92 Å². The first-order valence-electron chi connectivity index (χ1n) is 4.16. The van der Waals surface area contributed by atoms with Crippen LogP contribution in [0.2, 0.25) is 0 Å². The minimum absolute atomic E-state index is 0.178. The van der Waals surface area contributed by atoms with Gasteiger partial charge in [-0.1, -0.05) is 6.92 Å².